The Balaban J connectivity index is 1.75. The molecule has 1 aliphatic heterocycles. The maximum absolute atomic E-state index is 12.1. The second kappa shape index (κ2) is 5.30. The number of nitrogens with one attached hydrogen (secondary N) is 2. The quantitative estimate of drug-likeness (QED) is 0.908. The smallest absolute Gasteiger partial charge is 0.272 e. The van der Waals surface area contributed by atoms with Gasteiger partial charge in [-0.15, -0.1) is 0 Å². The molecule has 1 saturated heterocycles. The van der Waals surface area contributed by atoms with Gasteiger partial charge < -0.3 is 10.1 Å². The summed E-state index contributed by atoms with van der Waals surface area (Å²) < 4.78 is 6.22. The number of carbonyl (C=O) groups excluding carboxylic acids is 1. The summed E-state index contributed by atoms with van der Waals surface area (Å²) in [4.78, 5) is 12.1. The third-order valence-electron chi connectivity index (χ3n) is 3.32. The van der Waals surface area contributed by atoms with Crippen LogP contribution in [0.4, 0.5) is 0 Å². The van der Waals surface area contributed by atoms with E-state index in [0.717, 1.165) is 35.0 Å². The Kier molecular flexibility index (Phi) is 3.52. The number of rotatable bonds is 3. The molecular formula is C13H14BrN3O2. The molecule has 0 saturated carbocycles. The summed E-state index contributed by atoms with van der Waals surface area (Å²) in [5.74, 6) is 0.275. The van der Waals surface area contributed by atoms with Crippen molar-refractivity contribution in [2.24, 2.45) is 5.92 Å². The number of hydrogen-bond acceptors (Lipinski definition) is 3. The maximum Gasteiger partial charge on any atom is 0.272 e. The molecule has 2 N–H and O–H groups in total. The van der Waals surface area contributed by atoms with Gasteiger partial charge in [-0.25, -0.2) is 0 Å². The number of aromatic amines is 1. The highest BCUT2D eigenvalue weighted by Gasteiger charge is 2.19. The molecule has 1 atom stereocenters. The number of fused-ring (bicyclic) bond motifs is 1. The maximum atomic E-state index is 12.1. The van der Waals surface area contributed by atoms with Crippen LogP contribution in [0.25, 0.3) is 10.9 Å². The van der Waals surface area contributed by atoms with E-state index >= 15 is 0 Å². The van der Waals surface area contributed by atoms with Crippen molar-refractivity contribution in [1.29, 1.82) is 0 Å². The fourth-order valence-electron chi connectivity index (χ4n) is 2.22. The molecule has 1 aliphatic rings. The second-order valence-corrected chi connectivity index (χ2v) is 5.62. The van der Waals surface area contributed by atoms with Crippen molar-refractivity contribution in [3.8, 4) is 0 Å². The lowest BCUT2D eigenvalue weighted by atomic mass is 10.1. The summed E-state index contributed by atoms with van der Waals surface area (Å²) in [6, 6.07) is 5.71. The predicted octanol–water partition coefficient (Wildman–Crippen LogP) is 2.09. The molecule has 1 amide bonds. The zero-order valence-corrected chi connectivity index (χ0v) is 11.9. The van der Waals surface area contributed by atoms with E-state index in [1.807, 2.05) is 18.2 Å². The first-order valence-corrected chi connectivity index (χ1v) is 7.03. The molecule has 1 unspecified atom stereocenters. The molecule has 0 aliphatic carbocycles. The van der Waals surface area contributed by atoms with Gasteiger partial charge in [-0.05, 0) is 24.6 Å². The van der Waals surface area contributed by atoms with Crippen molar-refractivity contribution in [3.63, 3.8) is 0 Å². The average Bonchev–Trinajstić information content (AvgIpc) is 3.04. The van der Waals surface area contributed by atoms with Gasteiger partial charge in [-0.1, -0.05) is 15.9 Å². The van der Waals surface area contributed by atoms with Crippen LogP contribution in [0, 0.1) is 5.92 Å². The number of benzene rings is 1. The van der Waals surface area contributed by atoms with Crippen molar-refractivity contribution in [3.05, 3.63) is 28.4 Å². The fraction of sp³-hybridized carbons (Fsp3) is 0.385. The van der Waals surface area contributed by atoms with E-state index in [1.165, 1.54) is 0 Å². The first-order chi connectivity index (χ1) is 9.24. The number of aromatic nitrogens is 2. The molecular weight excluding hydrogens is 310 g/mol. The molecule has 0 radical (unpaired) electrons. The van der Waals surface area contributed by atoms with Crippen LogP contribution in [0.1, 0.15) is 16.9 Å². The van der Waals surface area contributed by atoms with Crippen LogP contribution in [0.5, 0.6) is 0 Å². The summed E-state index contributed by atoms with van der Waals surface area (Å²) in [5, 5.41) is 10.7. The SMILES string of the molecule is O=C(NCC1CCOC1)c1n[nH]c2ccc(Br)cc12. The van der Waals surface area contributed by atoms with Gasteiger partial charge in [0.1, 0.15) is 0 Å². The number of H-pyrrole nitrogens is 1. The van der Waals surface area contributed by atoms with Crippen molar-refractivity contribution >= 4 is 32.7 Å². The number of ether oxygens (including phenoxy) is 1. The lowest BCUT2D eigenvalue weighted by Gasteiger charge is -2.08. The van der Waals surface area contributed by atoms with Crippen LogP contribution in [0.2, 0.25) is 0 Å². The lowest BCUT2D eigenvalue weighted by Crippen LogP contribution is -2.29. The van der Waals surface area contributed by atoms with Crippen LogP contribution in [0.3, 0.4) is 0 Å². The minimum Gasteiger partial charge on any atom is -0.381 e. The van der Waals surface area contributed by atoms with Crippen molar-refractivity contribution in [2.45, 2.75) is 6.42 Å². The standard InChI is InChI=1S/C13H14BrN3O2/c14-9-1-2-11-10(5-9)12(17-16-11)13(18)15-6-8-3-4-19-7-8/h1-2,5,8H,3-4,6-7H2,(H,15,18)(H,16,17). The average molecular weight is 324 g/mol. The number of hydrogen-bond donors (Lipinski definition) is 2. The summed E-state index contributed by atoms with van der Waals surface area (Å²) in [6.07, 6.45) is 1.01. The summed E-state index contributed by atoms with van der Waals surface area (Å²) in [7, 11) is 0. The summed E-state index contributed by atoms with van der Waals surface area (Å²) >= 11 is 3.40. The molecule has 19 heavy (non-hydrogen) atoms. The summed E-state index contributed by atoms with van der Waals surface area (Å²) in [6.45, 7) is 2.16. The zero-order valence-electron chi connectivity index (χ0n) is 10.3. The van der Waals surface area contributed by atoms with Gasteiger partial charge in [0.15, 0.2) is 5.69 Å². The van der Waals surface area contributed by atoms with E-state index in [0.29, 0.717) is 18.2 Å². The monoisotopic (exact) mass is 323 g/mol. The van der Waals surface area contributed by atoms with Crippen LogP contribution < -0.4 is 5.32 Å². The first-order valence-electron chi connectivity index (χ1n) is 6.23. The van der Waals surface area contributed by atoms with Gasteiger partial charge in [0, 0.05) is 28.9 Å². The van der Waals surface area contributed by atoms with Gasteiger partial charge in [0.2, 0.25) is 0 Å². The third-order valence-corrected chi connectivity index (χ3v) is 3.81. The van der Waals surface area contributed by atoms with E-state index in [-0.39, 0.29) is 5.91 Å². The minimum atomic E-state index is -0.142. The van der Waals surface area contributed by atoms with E-state index < -0.39 is 0 Å². The van der Waals surface area contributed by atoms with Gasteiger partial charge in [-0.3, -0.25) is 9.89 Å². The topological polar surface area (TPSA) is 67.0 Å². The molecule has 1 aromatic heterocycles. The van der Waals surface area contributed by atoms with Crippen molar-refractivity contribution < 1.29 is 9.53 Å². The molecule has 100 valence electrons. The lowest BCUT2D eigenvalue weighted by molar-refractivity contribution is 0.0941. The molecule has 0 bridgehead atoms. The van der Waals surface area contributed by atoms with Crippen molar-refractivity contribution in [2.75, 3.05) is 19.8 Å². The predicted molar refractivity (Wildman–Crippen MR) is 75.1 cm³/mol. The highest BCUT2D eigenvalue weighted by molar-refractivity contribution is 9.10. The van der Waals surface area contributed by atoms with E-state index in [9.17, 15) is 4.79 Å². The third kappa shape index (κ3) is 2.64. The number of amides is 1. The molecule has 2 aromatic rings. The highest BCUT2D eigenvalue weighted by atomic mass is 79.9. The number of halogens is 1. The van der Waals surface area contributed by atoms with Crippen LogP contribution in [-0.2, 0) is 4.74 Å². The molecule has 1 fully saturated rings. The van der Waals surface area contributed by atoms with Crippen molar-refractivity contribution in [1.82, 2.24) is 15.5 Å². The fourth-order valence-corrected chi connectivity index (χ4v) is 2.59. The van der Waals surface area contributed by atoms with E-state index in [2.05, 4.69) is 31.4 Å². The Hall–Kier alpha value is -1.40. The Morgan fingerprint density at radius 1 is 1.58 bits per heavy atom. The highest BCUT2D eigenvalue weighted by Crippen LogP contribution is 2.21. The number of carbonyl (C=O) groups is 1. The molecule has 5 nitrogen and oxygen atoms in total. The van der Waals surface area contributed by atoms with E-state index in [4.69, 9.17) is 4.74 Å². The Bertz CT molecular complexity index is 605. The summed E-state index contributed by atoms with van der Waals surface area (Å²) in [5.41, 5.74) is 1.30. The number of nitrogens with zero attached hydrogens (tertiary/aromatic N) is 1. The largest absolute Gasteiger partial charge is 0.381 e. The molecule has 0 spiro atoms. The normalized spacial score (nSPS) is 18.9. The molecule has 1 aromatic carbocycles. The molecule has 2 heterocycles. The van der Waals surface area contributed by atoms with Gasteiger partial charge >= 0.3 is 0 Å². The Morgan fingerprint density at radius 3 is 3.26 bits per heavy atom. The Morgan fingerprint density at radius 2 is 2.47 bits per heavy atom. The van der Waals surface area contributed by atoms with Crippen LogP contribution in [0.15, 0.2) is 22.7 Å². The molecule has 6 heteroatoms. The van der Waals surface area contributed by atoms with Crippen LogP contribution >= 0.6 is 15.9 Å². The van der Waals surface area contributed by atoms with Gasteiger partial charge in [-0.2, -0.15) is 5.10 Å². The first kappa shape index (κ1) is 12.6. The zero-order chi connectivity index (χ0) is 13.2. The van der Waals surface area contributed by atoms with E-state index in [1.54, 1.807) is 0 Å². The Labute approximate surface area is 118 Å². The second-order valence-electron chi connectivity index (χ2n) is 4.70. The van der Waals surface area contributed by atoms with Crippen LogP contribution in [-0.4, -0.2) is 35.9 Å². The van der Waals surface area contributed by atoms with Gasteiger partial charge in [0.25, 0.3) is 5.91 Å². The van der Waals surface area contributed by atoms with Gasteiger partial charge in [0.05, 0.1) is 12.1 Å². The molecule has 3 rings (SSSR count). The minimum absolute atomic E-state index is 0.142.